The van der Waals surface area contributed by atoms with Crippen molar-refractivity contribution < 1.29 is 0 Å². The zero-order valence-corrected chi connectivity index (χ0v) is 18.7. The zero-order chi connectivity index (χ0) is 18.1. The average Bonchev–Trinajstić information content (AvgIpc) is 2.67. The molecule has 0 aromatic rings. The third-order valence-corrected chi connectivity index (χ3v) is 9.25. The standard InChI is InChI=1S/C25H37I/c1-3-24-22(11-8-18-6-4-5-7-25(18)24)14-17(2)19-9-10-21-16-23(26)13-12-20(21)15-19/h5,7,12-13,18-25H,2-4,6,8-11,14-16H2,1H3/t18-,19?,20?,21?,22?,23?,24?,25?/m1/s1. The molecule has 2 saturated carbocycles. The molecule has 8 atom stereocenters. The number of allylic oxidation sites excluding steroid dienone is 5. The molecule has 0 radical (unpaired) electrons. The molecule has 4 aliphatic rings. The maximum Gasteiger partial charge on any atom is 0.0292 e. The molecular weight excluding hydrogens is 427 g/mol. The van der Waals surface area contributed by atoms with Crippen molar-refractivity contribution in [2.24, 2.45) is 41.4 Å². The van der Waals surface area contributed by atoms with Gasteiger partial charge in [-0.25, -0.2) is 0 Å². The molecule has 0 N–H and O–H groups in total. The number of fused-ring (bicyclic) bond motifs is 2. The molecule has 0 heterocycles. The van der Waals surface area contributed by atoms with E-state index in [9.17, 15) is 0 Å². The smallest absolute Gasteiger partial charge is 0.0292 e. The first kappa shape index (κ1) is 19.3. The summed E-state index contributed by atoms with van der Waals surface area (Å²) < 4.78 is 0.776. The second-order valence-corrected chi connectivity index (χ2v) is 11.3. The highest BCUT2D eigenvalue weighted by Gasteiger charge is 2.39. The zero-order valence-electron chi connectivity index (χ0n) is 16.6. The van der Waals surface area contributed by atoms with Crippen LogP contribution in [0.15, 0.2) is 36.5 Å². The van der Waals surface area contributed by atoms with Crippen molar-refractivity contribution in [3.8, 4) is 0 Å². The molecule has 0 bridgehead atoms. The Morgan fingerprint density at radius 1 is 1.00 bits per heavy atom. The number of alkyl halides is 1. The molecule has 7 unspecified atom stereocenters. The van der Waals surface area contributed by atoms with E-state index in [1.807, 2.05) is 0 Å². The van der Waals surface area contributed by atoms with Crippen LogP contribution in [0.3, 0.4) is 0 Å². The first-order valence-electron chi connectivity index (χ1n) is 11.3. The molecule has 4 rings (SSSR count). The minimum absolute atomic E-state index is 0.776. The summed E-state index contributed by atoms with van der Waals surface area (Å²) in [7, 11) is 0. The van der Waals surface area contributed by atoms with Crippen LogP contribution in [0.1, 0.15) is 71.1 Å². The van der Waals surface area contributed by atoms with E-state index >= 15 is 0 Å². The molecule has 0 aliphatic heterocycles. The highest BCUT2D eigenvalue weighted by atomic mass is 127. The Labute approximate surface area is 175 Å². The topological polar surface area (TPSA) is 0 Å². The van der Waals surface area contributed by atoms with E-state index in [-0.39, 0.29) is 0 Å². The van der Waals surface area contributed by atoms with Crippen molar-refractivity contribution in [3.63, 3.8) is 0 Å². The van der Waals surface area contributed by atoms with Crippen molar-refractivity contribution in [2.75, 3.05) is 0 Å². The molecule has 0 spiro atoms. The summed E-state index contributed by atoms with van der Waals surface area (Å²) >= 11 is 2.61. The van der Waals surface area contributed by atoms with Gasteiger partial charge in [-0.3, -0.25) is 0 Å². The first-order chi connectivity index (χ1) is 12.7. The van der Waals surface area contributed by atoms with Crippen LogP contribution in [-0.4, -0.2) is 3.92 Å². The Hall–Kier alpha value is -0.0500. The molecule has 0 nitrogen and oxygen atoms in total. The lowest BCUT2D eigenvalue weighted by molar-refractivity contribution is 0.103. The summed E-state index contributed by atoms with van der Waals surface area (Å²) in [4.78, 5) is 0. The van der Waals surface area contributed by atoms with Gasteiger partial charge in [0.25, 0.3) is 0 Å². The van der Waals surface area contributed by atoms with E-state index in [1.165, 1.54) is 64.2 Å². The molecule has 0 amide bonds. The second-order valence-electron chi connectivity index (χ2n) is 9.69. The monoisotopic (exact) mass is 464 g/mol. The summed E-state index contributed by atoms with van der Waals surface area (Å²) in [6.07, 6.45) is 24.1. The van der Waals surface area contributed by atoms with Gasteiger partial charge in [-0.1, -0.05) is 72.4 Å². The average molecular weight is 464 g/mol. The summed E-state index contributed by atoms with van der Waals surface area (Å²) in [6.45, 7) is 7.09. The van der Waals surface area contributed by atoms with Crippen LogP contribution >= 0.6 is 22.6 Å². The highest BCUT2D eigenvalue weighted by Crippen LogP contribution is 2.49. The minimum atomic E-state index is 0.776. The number of rotatable bonds is 4. The van der Waals surface area contributed by atoms with Crippen molar-refractivity contribution in [1.82, 2.24) is 0 Å². The van der Waals surface area contributed by atoms with E-state index in [0.717, 1.165) is 45.3 Å². The lowest BCUT2D eigenvalue weighted by Gasteiger charge is -2.45. The van der Waals surface area contributed by atoms with E-state index < -0.39 is 0 Å². The third-order valence-electron chi connectivity index (χ3n) is 8.33. The Kier molecular flexibility index (Phi) is 6.33. The number of hydrogen-bond acceptors (Lipinski definition) is 0. The van der Waals surface area contributed by atoms with Crippen LogP contribution in [0.25, 0.3) is 0 Å². The van der Waals surface area contributed by atoms with Crippen molar-refractivity contribution in [1.29, 1.82) is 0 Å². The number of halogens is 1. The Morgan fingerprint density at radius 2 is 1.85 bits per heavy atom. The fourth-order valence-electron chi connectivity index (χ4n) is 6.86. The van der Waals surface area contributed by atoms with Crippen LogP contribution in [0.5, 0.6) is 0 Å². The maximum atomic E-state index is 4.65. The maximum absolute atomic E-state index is 4.65. The largest absolute Gasteiger partial charge is 0.0996 e. The van der Waals surface area contributed by atoms with Gasteiger partial charge in [0.05, 0.1) is 0 Å². The van der Waals surface area contributed by atoms with Crippen LogP contribution in [0, 0.1) is 41.4 Å². The van der Waals surface area contributed by atoms with Gasteiger partial charge in [0.2, 0.25) is 0 Å². The molecule has 0 aromatic carbocycles. The molecule has 0 saturated heterocycles. The third kappa shape index (κ3) is 4.03. The van der Waals surface area contributed by atoms with Crippen LogP contribution in [0.2, 0.25) is 0 Å². The summed E-state index contributed by atoms with van der Waals surface area (Å²) in [6, 6.07) is 0. The fourth-order valence-corrected chi connectivity index (χ4v) is 7.75. The fraction of sp³-hybridized carbons (Fsp3) is 0.760. The molecular formula is C25H37I. The van der Waals surface area contributed by atoms with Gasteiger partial charge in [-0.15, -0.1) is 0 Å². The molecule has 26 heavy (non-hydrogen) atoms. The molecule has 2 fully saturated rings. The minimum Gasteiger partial charge on any atom is -0.0996 e. The predicted octanol–water partition coefficient (Wildman–Crippen LogP) is 7.75. The summed E-state index contributed by atoms with van der Waals surface area (Å²) in [5.74, 6) is 6.26. The lowest BCUT2D eigenvalue weighted by atomic mass is 9.60. The van der Waals surface area contributed by atoms with E-state index in [1.54, 1.807) is 5.57 Å². The van der Waals surface area contributed by atoms with Gasteiger partial charge < -0.3 is 0 Å². The van der Waals surface area contributed by atoms with Gasteiger partial charge in [0, 0.05) is 3.92 Å². The van der Waals surface area contributed by atoms with Crippen molar-refractivity contribution >= 4 is 22.6 Å². The first-order valence-corrected chi connectivity index (χ1v) is 12.6. The lowest BCUT2D eigenvalue weighted by Crippen LogP contribution is -2.35. The van der Waals surface area contributed by atoms with Gasteiger partial charge in [-0.05, 0) is 99.2 Å². The van der Waals surface area contributed by atoms with Crippen LogP contribution < -0.4 is 0 Å². The molecule has 0 aromatic heterocycles. The van der Waals surface area contributed by atoms with Crippen LogP contribution in [0.4, 0.5) is 0 Å². The SMILES string of the molecule is C=C(CC1CC[C@H]2CCC=CC2C1CC)C1CCC2CC(I)C=CC2C1. The summed E-state index contributed by atoms with van der Waals surface area (Å²) in [5.41, 5.74) is 1.61. The van der Waals surface area contributed by atoms with Gasteiger partial charge in [0.15, 0.2) is 0 Å². The van der Waals surface area contributed by atoms with E-state index in [0.29, 0.717) is 0 Å². The Morgan fingerprint density at radius 3 is 2.69 bits per heavy atom. The summed E-state index contributed by atoms with van der Waals surface area (Å²) in [5, 5.41) is 0. The van der Waals surface area contributed by atoms with Gasteiger partial charge >= 0.3 is 0 Å². The van der Waals surface area contributed by atoms with Gasteiger partial charge in [0.1, 0.15) is 0 Å². The van der Waals surface area contributed by atoms with E-state index in [4.69, 9.17) is 0 Å². The van der Waals surface area contributed by atoms with Crippen LogP contribution in [-0.2, 0) is 0 Å². The number of hydrogen-bond donors (Lipinski definition) is 0. The van der Waals surface area contributed by atoms with Crippen molar-refractivity contribution in [3.05, 3.63) is 36.5 Å². The Bertz CT molecular complexity index is 559. The molecule has 4 aliphatic carbocycles. The predicted molar refractivity (Wildman–Crippen MR) is 122 cm³/mol. The quantitative estimate of drug-likeness (QED) is 0.227. The normalized spacial score (nSPS) is 45.0. The second kappa shape index (κ2) is 8.53. The highest BCUT2D eigenvalue weighted by molar-refractivity contribution is 14.1. The van der Waals surface area contributed by atoms with E-state index in [2.05, 4.69) is 60.4 Å². The molecule has 144 valence electrons. The van der Waals surface area contributed by atoms with Gasteiger partial charge in [-0.2, -0.15) is 0 Å². The Balaban J connectivity index is 1.37. The molecule has 1 heteroatoms. The van der Waals surface area contributed by atoms with Crippen molar-refractivity contribution in [2.45, 2.75) is 75.1 Å².